The fraction of sp³-hybridized carbons (Fsp3) is 0.188. The van der Waals surface area contributed by atoms with Gasteiger partial charge in [0, 0.05) is 36.3 Å². The molecule has 1 aliphatic rings. The summed E-state index contributed by atoms with van der Waals surface area (Å²) in [6.45, 7) is 0.558. The van der Waals surface area contributed by atoms with Crippen LogP contribution in [0.2, 0.25) is 0 Å². The average molecular weight is 352 g/mol. The van der Waals surface area contributed by atoms with Crippen LogP contribution in [-0.4, -0.2) is 12.3 Å². The minimum atomic E-state index is -0.593. The minimum absolute atomic E-state index is 0.00790. The molecule has 0 fully saturated rings. The molecular formula is C16H12BrF2NO. The summed E-state index contributed by atoms with van der Waals surface area (Å²) in [5, 5.41) is 0. The Morgan fingerprint density at radius 2 is 1.90 bits per heavy atom. The molecule has 0 amide bonds. The van der Waals surface area contributed by atoms with Gasteiger partial charge >= 0.3 is 0 Å². The molecule has 0 bridgehead atoms. The number of hydrogen-bond donors (Lipinski definition) is 0. The Morgan fingerprint density at radius 3 is 2.71 bits per heavy atom. The number of anilines is 1. The van der Waals surface area contributed by atoms with Crippen molar-refractivity contribution in [1.29, 1.82) is 0 Å². The van der Waals surface area contributed by atoms with E-state index in [1.807, 2.05) is 11.0 Å². The minimum Gasteiger partial charge on any atom is -0.366 e. The monoisotopic (exact) mass is 351 g/mol. The molecule has 2 nitrogen and oxygen atoms in total. The predicted molar refractivity (Wildman–Crippen MR) is 80.5 cm³/mol. The first kappa shape index (κ1) is 14.2. The highest BCUT2D eigenvalue weighted by Crippen LogP contribution is 2.30. The van der Waals surface area contributed by atoms with Crippen molar-refractivity contribution in [3.63, 3.8) is 0 Å². The highest BCUT2D eigenvalue weighted by Gasteiger charge is 2.24. The molecule has 2 aromatic carbocycles. The fourth-order valence-electron chi connectivity index (χ4n) is 2.55. The molecule has 1 heterocycles. The summed E-state index contributed by atoms with van der Waals surface area (Å²) in [6.07, 6.45) is 0.355. The summed E-state index contributed by atoms with van der Waals surface area (Å²) in [7, 11) is 0. The van der Waals surface area contributed by atoms with Crippen molar-refractivity contribution in [2.75, 3.05) is 11.4 Å². The molecule has 0 N–H and O–H groups in total. The molecule has 21 heavy (non-hydrogen) atoms. The molecule has 0 atom stereocenters. The van der Waals surface area contributed by atoms with Gasteiger partial charge in [0.05, 0.1) is 4.47 Å². The Hall–Kier alpha value is -1.75. The van der Waals surface area contributed by atoms with Gasteiger partial charge in [0.15, 0.2) is 5.78 Å². The van der Waals surface area contributed by atoms with E-state index in [0.717, 1.165) is 5.69 Å². The molecule has 108 valence electrons. The van der Waals surface area contributed by atoms with Crippen molar-refractivity contribution >= 4 is 27.4 Å². The standard InChI is InChI=1S/C16H12BrF2NO/c17-12-5-6-13(18)11(16(12)19)9-20-8-7-15(21)10-3-1-2-4-14(10)20/h1-6H,7-9H2. The maximum Gasteiger partial charge on any atom is 0.166 e. The van der Waals surface area contributed by atoms with Gasteiger partial charge in [-0.15, -0.1) is 0 Å². The van der Waals surface area contributed by atoms with Gasteiger partial charge < -0.3 is 4.90 Å². The fourth-order valence-corrected chi connectivity index (χ4v) is 2.92. The third kappa shape index (κ3) is 2.58. The smallest absolute Gasteiger partial charge is 0.166 e. The van der Waals surface area contributed by atoms with E-state index in [0.29, 0.717) is 18.5 Å². The van der Waals surface area contributed by atoms with E-state index in [9.17, 15) is 13.6 Å². The average Bonchev–Trinajstić information content (AvgIpc) is 2.50. The second-order valence-corrected chi connectivity index (χ2v) is 5.79. The first-order chi connectivity index (χ1) is 10.1. The first-order valence-corrected chi connectivity index (χ1v) is 7.37. The topological polar surface area (TPSA) is 20.3 Å². The summed E-state index contributed by atoms with van der Waals surface area (Å²) < 4.78 is 28.2. The number of halogens is 3. The van der Waals surface area contributed by atoms with Crippen LogP contribution in [0.4, 0.5) is 14.5 Å². The Bertz CT molecular complexity index is 717. The second-order valence-electron chi connectivity index (χ2n) is 4.93. The van der Waals surface area contributed by atoms with Crippen LogP contribution in [0.3, 0.4) is 0 Å². The lowest BCUT2D eigenvalue weighted by atomic mass is 9.99. The number of hydrogen-bond acceptors (Lipinski definition) is 2. The van der Waals surface area contributed by atoms with E-state index in [1.54, 1.807) is 18.2 Å². The largest absolute Gasteiger partial charge is 0.366 e. The van der Waals surface area contributed by atoms with E-state index < -0.39 is 11.6 Å². The first-order valence-electron chi connectivity index (χ1n) is 6.57. The van der Waals surface area contributed by atoms with Crippen LogP contribution in [-0.2, 0) is 6.54 Å². The lowest BCUT2D eigenvalue weighted by Crippen LogP contribution is -2.32. The molecule has 0 saturated carbocycles. The summed E-state index contributed by atoms with van der Waals surface area (Å²) in [5.41, 5.74) is 1.35. The SMILES string of the molecule is O=C1CCN(Cc2c(F)ccc(Br)c2F)c2ccccc21. The van der Waals surface area contributed by atoms with Crippen LogP contribution >= 0.6 is 15.9 Å². The number of Topliss-reactive ketones (excluding diaryl/α,β-unsaturated/α-hetero) is 1. The predicted octanol–water partition coefficient (Wildman–Crippen LogP) is 4.32. The van der Waals surface area contributed by atoms with Crippen LogP contribution in [0.1, 0.15) is 22.3 Å². The van der Waals surface area contributed by atoms with Crippen molar-refractivity contribution in [3.8, 4) is 0 Å². The Morgan fingerprint density at radius 1 is 1.14 bits per heavy atom. The number of para-hydroxylation sites is 1. The zero-order chi connectivity index (χ0) is 15.0. The normalized spacial score (nSPS) is 14.2. The number of carbonyl (C=O) groups is 1. The zero-order valence-electron chi connectivity index (χ0n) is 11.1. The Labute approximate surface area is 129 Å². The molecule has 0 spiro atoms. The zero-order valence-corrected chi connectivity index (χ0v) is 12.7. The van der Waals surface area contributed by atoms with Gasteiger partial charge in [0.25, 0.3) is 0 Å². The second kappa shape index (κ2) is 5.56. The van der Waals surface area contributed by atoms with Crippen LogP contribution in [0.5, 0.6) is 0 Å². The maximum absolute atomic E-state index is 14.1. The van der Waals surface area contributed by atoms with Gasteiger partial charge in [-0.25, -0.2) is 8.78 Å². The summed E-state index contributed by atoms with van der Waals surface area (Å²) in [6, 6.07) is 9.75. The third-order valence-corrected chi connectivity index (χ3v) is 4.25. The van der Waals surface area contributed by atoms with E-state index in [4.69, 9.17) is 0 Å². The molecule has 5 heteroatoms. The molecule has 0 saturated heterocycles. The van der Waals surface area contributed by atoms with Crippen molar-refractivity contribution < 1.29 is 13.6 Å². The quantitative estimate of drug-likeness (QED) is 0.751. The number of ketones is 1. The molecule has 0 aromatic heterocycles. The molecule has 2 aromatic rings. The highest BCUT2D eigenvalue weighted by molar-refractivity contribution is 9.10. The molecule has 3 rings (SSSR count). The van der Waals surface area contributed by atoms with Crippen LogP contribution in [0.15, 0.2) is 40.9 Å². The molecule has 0 aliphatic carbocycles. The van der Waals surface area contributed by atoms with Crippen molar-refractivity contribution in [2.24, 2.45) is 0 Å². The van der Waals surface area contributed by atoms with Gasteiger partial charge in [-0.05, 0) is 40.2 Å². The summed E-state index contributed by atoms with van der Waals surface area (Å²) in [5.74, 6) is -1.11. The van der Waals surface area contributed by atoms with Gasteiger partial charge in [-0.3, -0.25) is 4.79 Å². The van der Waals surface area contributed by atoms with Crippen LogP contribution in [0, 0.1) is 11.6 Å². The van der Waals surface area contributed by atoms with Gasteiger partial charge in [-0.2, -0.15) is 0 Å². The highest BCUT2D eigenvalue weighted by atomic mass is 79.9. The molecule has 1 aliphatic heterocycles. The van der Waals surface area contributed by atoms with Crippen LogP contribution < -0.4 is 4.90 Å². The lowest BCUT2D eigenvalue weighted by Gasteiger charge is -2.30. The molecule has 0 unspecified atom stereocenters. The Balaban J connectivity index is 1.99. The third-order valence-electron chi connectivity index (χ3n) is 3.64. The van der Waals surface area contributed by atoms with E-state index in [1.165, 1.54) is 12.1 Å². The van der Waals surface area contributed by atoms with Gasteiger partial charge in [-0.1, -0.05) is 12.1 Å². The van der Waals surface area contributed by atoms with Crippen molar-refractivity contribution in [3.05, 3.63) is 63.6 Å². The van der Waals surface area contributed by atoms with Crippen molar-refractivity contribution in [2.45, 2.75) is 13.0 Å². The van der Waals surface area contributed by atoms with E-state index in [-0.39, 0.29) is 22.4 Å². The Kier molecular flexibility index (Phi) is 3.76. The van der Waals surface area contributed by atoms with Crippen molar-refractivity contribution in [1.82, 2.24) is 0 Å². The number of rotatable bonds is 2. The summed E-state index contributed by atoms with van der Waals surface area (Å²) in [4.78, 5) is 13.7. The maximum atomic E-state index is 14.1. The number of benzene rings is 2. The number of carbonyl (C=O) groups excluding carboxylic acids is 1. The van der Waals surface area contributed by atoms with E-state index in [2.05, 4.69) is 15.9 Å². The lowest BCUT2D eigenvalue weighted by molar-refractivity contribution is 0.0979. The van der Waals surface area contributed by atoms with Gasteiger partial charge in [0.2, 0.25) is 0 Å². The summed E-state index contributed by atoms with van der Waals surface area (Å²) >= 11 is 3.07. The number of fused-ring (bicyclic) bond motifs is 1. The van der Waals surface area contributed by atoms with Crippen LogP contribution in [0.25, 0.3) is 0 Å². The number of nitrogens with zero attached hydrogens (tertiary/aromatic N) is 1. The molecular weight excluding hydrogens is 340 g/mol. The van der Waals surface area contributed by atoms with E-state index >= 15 is 0 Å². The molecule has 0 radical (unpaired) electrons. The van der Waals surface area contributed by atoms with Gasteiger partial charge in [0.1, 0.15) is 11.6 Å².